The van der Waals surface area contributed by atoms with Crippen LogP contribution < -0.4 is 10.9 Å². The van der Waals surface area contributed by atoms with E-state index >= 15 is 0 Å². The largest absolute Gasteiger partial charge is 0.348 e. The molecule has 0 aliphatic carbocycles. The number of hydrogen-bond donors (Lipinski definition) is 2. The van der Waals surface area contributed by atoms with Gasteiger partial charge in [-0.15, -0.1) is 0 Å². The fourth-order valence-corrected chi connectivity index (χ4v) is 6.76. The topological polar surface area (TPSA) is 133 Å². The van der Waals surface area contributed by atoms with Crippen LogP contribution in [0.15, 0.2) is 29.2 Å². The number of likely N-dealkylation sites (tertiary alicyclic amines) is 1. The molecule has 5 heterocycles. The number of fused-ring (bicyclic) bond motifs is 1. The third kappa shape index (κ3) is 7.25. The number of aryl methyl sites for hydroxylation is 2. The number of aromatic amines is 1. The van der Waals surface area contributed by atoms with Crippen molar-refractivity contribution in [3.63, 3.8) is 0 Å². The van der Waals surface area contributed by atoms with Crippen LogP contribution in [0.4, 0.5) is 0 Å². The summed E-state index contributed by atoms with van der Waals surface area (Å²) >= 11 is 0. The Morgan fingerprint density at radius 2 is 1.91 bits per heavy atom. The fraction of sp³-hybridized carbons (Fsp3) is 0.548. The van der Waals surface area contributed by atoms with E-state index in [2.05, 4.69) is 31.3 Å². The molecule has 2 N–H and O–H groups in total. The summed E-state index contributed by atoms with van der Waals surface area (Å²) in [5.74, 6) is -0.0539. The summed E-state index contributed by atoms with van der Waals surface area (Å²) < 4.78 is 24.9. The lowest BCUT2D eigenvalue weighted by Crippen LogP contribution is -2.47. The van der Waals surface area contributed by atoms with Crippen LogP contribution in [0.1, 0.15) is 72.0 Å². The van der Waals surface area contributed by atoms with Gasteiger partial charge in [0, 0.05) is 55.8 Å². The van der Waals surface area contributed by atoms with Gasteiger partial charge in [0.25, 0.3) is 11.5 Å². The number of piperidine rings is 1. The van der Waals surface area contributed by atoms with Crippen molar-refractivity contribution in [1.82, 2.24) is 34.9 Å². The Kier molecular flexibility index (Phi) is 9.19. The first-order chi connectivity index (χ1) is 20.4. The van der Waals surface area contributed by atoms with Gasteiger partial charge in [0.2, 0.25) is 0 Å². The van der Waals surface area contributed by atoms with Gasteiger partial charge in [-0.05, 0) is 83.3 Å². The monoisotopic (exact) mass is 609 g/mol. The maximum absolute atomic E-state index is 13.6. The third-order valence-corrected chi connectivity index (χ3v) is 9.57. The van der Waals surface area contributed by atoms with Crippen molar-refractivity contribution in [3.8, 4) is 0 Å². The lowest BCUT2D eigenvalue weighted by Gasteiger charge is -2.39. The average Bonchev–Trinajstić information content (AvgIpc) is 3.39. The van der Waals surface area contributed by atoms with Crippen molar-refractivity contribution in [2.75, 3.05) is 44.7 Å². The Balaban J connectivity index is 1.32. The molecule has 0 bridgehead atoms. The van der Waals surface area contributed by atoms with Crippen molar-refractivity contribution >= 4 is 32.4 Å². The summed E-state index contributed by atoms with van der Waals surface area (Å²) in [6.07, 6.45) is 8.09. The Morgan fingerprint density at radius 1 is 1.16 bits per heavy atom. The number of pyridine rings is 2. The highest BCUT2D eigenvalue weighted by molar-refractivity contribution is 7.90. The molecule has 232 valence electrons. The van der Waals surface area contributed by atoms with Crippen LogP contribution in [-0.4, -0.2) is 94.6 Å². The second kappa shape index (κ2) is 12.7. The first-order valence-corrected chi connectivity index (χ1v) is 17.1. The minimum atomic E-state index is -2.95. The molecule has 0 atom stereocenters. The fourth-order valence-electron chi connectivity index (χ4n) is 6.17. The number of amides is 1. The van der Waals surface area contributed by atoms with Gasteiger partial charge in [-0.2, -0.15) is 5.10 Å². The molecule has 2 aliphatic rings. The summed E-state index contributed by atoms with van der Waals surface area (Å²) in [5, 5.41) is 8.18. The van der Waals surface area contributed by atoms with Crippen LogP contribution in [0.25, 0.3) is 16.6 Å². The number of aromatic nitrogens is 4. The second-order valence-electron chi connectivity index (χ2n) is 12.3. The molecule has 3 aromatic rings. The number of H-pyrrole nitrogens is 1. The summed E-state index contributed by atoms with van der Waals surface area (Å²) in [4.78, 5) is 38.6. The SMILES string of the molecule is Cc1cc(C)c(CNC(=O)c2cc(C3=CCN(C4CCN(CCS(C)(=O)=O)CC4)CC3)nc3c2cnn3C(C)C)c(=O)[nH]1. The smallest absolute Gasteiger partial charge is 0.253 e. The summed E-state index contributed by atoms with van der Waals surface area (Å²) in [6.45, 7) is 12.1. The number of hydrogen-bond acceptors (Lipinski definition) is 8. The zero-order valence-electron chi connectivity index (χ0n) is 25.8. The zero-order chi connectivity index (χ0) is 30.9. The highest BCUT2D eigenvalue weighted by Gasteiger charge is 2.27. The lowest BCUT2D eigenvalue weighted by molar-refractivity contribution is 0.0952. The van der Waals surface area contributed by atoms with E-state index < -0.39 is 9.84 Å². The van der Waals surface area contributed by atoms with Gasteiger partial charge >= 0.3 is 0 Å². The molecule has 1 fully saturated rings. The first-order valence-electron chi connectivity index (χ1n) is 15.1. The minimum absolute atomic E-state index is 0.0732. The molecule has 0 spiro atoms. The molecule has 0 radical (unpaired) electrons. The molecular formula is C31H43N7O4S. The van der Waals surface area contributed by atoms with Gasteiger partial charge in [0.1, 0.15) is 9.84 Å². The Hall–Kier alpha value is -3.35. The Labute approximate surface area is 253 Å². The quantitative estimate of drug-likeness (QED) is 0.379. The van der Waals surface area contributed by atoms with Crippen LogP contribution >= 0.6 is 0 Å². The summed E-state index contributed by atoms with van der Waals surface area (Å²) in [5.41, 5.74) is 5.03. The Morgan fingerprint density at radius 3 is 2.53 bits per heavy atom. The van der Waals surface area contributed by atoms with Gasteiger partial charge in [0.15, 0.2) is 5.65 Å². The molecule has 43 heavy (non-hydrogen) atoms. The second-order valence-corrected chi connectivity index (χ2v) is 14.5. The normalized spacial score (nSPS) is 17.5. The molecular weight excluding hydrogens is 566 g/mol. The molecule has 2 aliphatic heterocycles. The highest BCUT2D eigenvalue weighted by atomic mass is 32.2. The molecule has 12 heteroatoms. The van der Waals surface area contributed by atoms with Crippen molar-refractivity contribution in [2.45, 2.75) is 65.6 Å². The highest BCUT2D eigenvalue weighted by Crippen LogP contribution is 2.29. The number of carbonyl (C=O) groups is 1. The minimum Gasteiger partial charge on any atom is -0.348 e. The Bertz CT molecular complexity index is 1700. The van der Waals surface area contributed by atoms with E-state index in [-0.39, 0.29) is 29.8 Å². The number of nitrogens with zero attached hydrogens (tertiary/aromatic N) is 5. The van der Waals surface area contributed by atoms with Crippen LogP contribution in [0.2, 0.25) is 0 Å². The standard InChI is InChI=1S/C31H43N7O4S/c1-20(2)38-29-27(19-33-38)25(30(39)32-18-26-21(3)16-22(4)34-31(26)40)17-28(35-29)23-6-12-37(13-7-23)24-8-10-36(11-9-24)14-15-43(5,41)42/h6,16-17,19-20,24H,7-15,18H2,1-5H3,(H,32,39)(H,34,40). The van der Waals surface area contributed by atoms with Gasteiger partial charge in [-0.25, -0.2) is 18.1 Å². The number of carbonyl (C=O) groups excluding carboxylic acids is 1. The van der Waals surface area contributed by atoms with Gasteiger partial charge in [-0.3, -0.25) is 14.5 Å². The molecule has 0 unspecified atom stereocenters. The molecule has 1 amide bonds. The molecule has 1 saturated heterocycles. The molecule has 0 aromatic carbocycles. The summed E-state index contributed by atoms with van der Waals surface area (Å²) in [6, 6.07) is 4.31. The van der Waals surface area contributed by atoms with Crippen molar-refractivity contribution in [2.24, 2.45) is 0 Å². The van der Waals surface area contributed by atoms with Crippen LogP contribution in [0, 0.1) is 13.8 Å². The predicted molar refractivity (Wildman–Crippen MR) is 169 cm³/mol. The molecule has 5 rings (SSSR count). The number of nitrogens with one attached hydrogen (secondary N) is 2. The van der Waals surface area contributed by atoms with E-state index in [1.807, 2.05) is 44.5 Å². The number of sulfone groups is 1. The van der Waals surface area contributed by atoms with Gasteiger partial charge in [0.05, 0.1) is 28.6 Å². The maximum atomic E-state index is 13.6. The average molecular weight is 610 g/mol. The number of rotatable bonds is 9. The van der Waals surface area contributed by atoms with Crippen LogP contribution in [0.5, 0.6) is 0 Å². The third-order valence-electron chi connectivity index (χ3n) is 8.64. The van der Waals surface area contributed by atoms with Crippen molar-refractivity contribution in [1.29, 1.82) is 0 Å². The van der Waals surface area contributed by atoms with Gasteiger partial charge in [-0.1, -0.05) is 6.08 Å². The molecule has 0 saturated carbocycles. The van der Waals surface area contributed by atoms with Crippen LogP contribution in [-0.2, 0) is 16.4 Å². The lowest BCUT2D eigenvalue weighted by atomic mass is 9.97. The van der Waals surface area contributed by atoms with Crippen LogP contribution in [0.3, 0.4) is 0 Å². The zero-order valence-corrected chi connectivity index (χ0v) is 26.6. The molecule has 3 aromatic heterocycles. The van der Waals surface area contributed by atoms with E-state index in [0.29, 0.717) is 34.7 Å². The van der Waals surface area contributed by atoms with Crippen molar-refractivity contribution < 1.29 is 13.2 Å². The molecule has 11 nitrogen and oxygen atoms in total. The van der Waals surface area contributed by atoms with E-state index in [1.54, 1.807) is 6.20 Å². The van der Waals surface area contributed by atoms with E-state index in [4.69, 9.17) is 4.98 Å². The van der Waals surface area contributed by atoms with E-state index in [1.165, 1.54) is 6.26 Å². The van der Waals surface area contributed by atoms with E-state index in [9.17, 15) is 18.0 Å². The van der Waals surface area contributed by atoms with E-state index in [0.717, 1.165) is 68.0 Å². The predicted octanol–water partition coefficient (Wildman–Crippen LogP) is 2.85. The van der Waals surface area contributed by atoms with Crippen molar-refractivity contribution in [3.05, 3.63) is 62.8 Å². The first kappa shape index (κ1) is 31.1. The summed E-state index contributed by atoms with van der Waals surface area (Å²) in [7, 11) is -2.95. The van der Waals surface area contributed by atoms with Gasteiger partial charge < -0.3 is 15.2 Å². The maximum Gasteiger partial charge on any atom is 0.253 e.